The molecule has 0 saturated heterocycles. The molecular weight excluding hydrogens is 216 g/mol. The van der Waals surface area contributed by atoms with Gasteiger partial charge in [0.05, 0.1) is 0 Å². The van der Waals surface area contributed by atoms with Crippen molar-refractivity contribution in [2.24, 2.45) is 11.3 Å². The summed E-state index contributed by atoms with van der Waals surface area (Å²) in [5, 5.41) is 6.91. The first-order chi connectivity index (χ1) is 7.55. The molecule has 90 valence electrons. The second-order valence-corrected chi connectivity index (χ2v) is 6.90. The Kier molecular flexibility index (Phi) is 3.65. The van der Waals surface area contributed by atoms with Crippen LogP contribution in [-0.4, -0.2) is 11.0 Å². The Morgan fingerprint density at radius 2 is 2.31 bits per heavy atom. The first-order valence-electron chi connectivity index (χ1n) is 6.17. The number of aromatic nitrogens is 1. The van der Waals surface area contributed by atoms with E-state index >= 15 is 0 Å². The fourth-order valence-electron chi connectivity index (χ4n) is 3.07. The van der Waals surface area contributed by atoms with Crippen molar-refractivity contribution >= 4 is 11.3 Å². The quantitative estimate of drug-likeness (QED) is 0.872. The van der Waals surface area contributed by atoms with E-state index in [9.17, 15) is 0 Å². The Morgan fingerprint density at radius 1 is 1.50 bits per heavy atom. The lowest BCUT2D eigenvalue weighted by Crippen LogP contribution is -2.39. The number of thiazole rings is 1. The van der Waals surface area contributed by atoms with E-state index in [1.165, 1.54) is 24.3 Å². The van der Waals surface area contributed by atoms with Crippen molar-refractivity contribution in [2.45, 2.75) is 52.6 Å². The third-order valence-electron chi connectivity index (χ3n) is 3.41. The van der Waals surface area contributed by atoms with E-state index in [0.29, 0.717) is 11.5 Å². The van der Waals surface area contributed by atoms with Crippen LogP contribution in [-0.2, 0) is 6.54 Å². The average molecular weight is 238 g/mol. The highest BCUT2D eigenvalue weighted by atomic mass is 32.1. The summed E-state index contributed by atoms with van der Waals surface area (Å²) >= 11 is 1.74. The topological polar surface area (TPSA) is 24.9 Å². The molecule has 1 aromatic rings. The molecule has 1 N–H and O–H groups in total. The molecule has 16 heavy (non-hydrogen) atoms. The zero-order valence-corrected chi connectivity index (χ0v) is 11.3. The summed E-state index contributed by atoms with van der Waals surface area (Å²) in [5.41, 5.74) is 0.498. The number of hydrogen-bond acceptors (Lipinski definition) is 3. The van der Waals surface area contributed by atoms with Gasteiger partial charge in [-0.25, -0.2) is 4.98 Å². The molecule has 1 aliphatic carbocycles. The summed E-state index contributed by atoms with van der Waals surface area (Å²) in [6.07, 6.45) is 5.86. The Balaban J connectivity index is 1.85. The maximum absolute atomic E-state index is 4.31. The molecule has 1 fully saturated rings. The van der Waals surface area contributed by atoms with Gasteiger partial charge >= 0.3 is 0 Å². The maximum Gasteiger partial charge on any atom is 0.106 e. The van der Waals surface area contributed by atoms with Gasteiger partial charge in [-0.1, -0.05) is 20.8 Å². The van der Waals surface area contributed by atoms with Gasteiger partial charge in [0.1, 0.15) is 5.01 Å². The van der Waals surface area contributed by atoms with Crippen LogP contribution in [0.2, 0.25) is 0 Å². The molecule has 2 unspecified atom stereocenters. The third kappa shape index (κ3) is 3.29. The first-order valence-corrected chi connectivity index (χ1v) is 7.05. The van der Waals surface area contributed by atoms with Crippen LogP contribution in [0.1, 0.15) is 45.0 Å². The van der Waals surface area contributed by atoms with Gasteiger partial charge in [-0.2, -0.15) is 0 Å². The Hall–Kier alpha value is -0.410. The fraction of sp³-hybridized carbons (Fsp3) is 0.769. The zero-order chi connectivity index (χ0) is 11.6. The number of rotatable bonds is 3. The molecule has 0 aliphatic heterocycles. The minimum Gasteiger partial charge on any atom is -0.308 e. The second kappa shape index (κ2) is 4.84. The Bertz CT molecular complexity index is 319. The van der Waals surface area contributed by atoms with Crippen LogP contribution in [0.15, 0.2) is 11.6 Å². The summed E-state index contributed by atoms with van der Waals surface area (Å²) < 4.78 is 0. The first kappa shape index (κ1) is 12.1. The summed E-state index contributed by atoms with van der Waals surface area (Å²) in [6, 6.07) is 0.669. The highest BCUT2D eigenvalue weighted by Gasteiger charge is 2.31. The zero-order valence-electron chi connectivity index (χ0n) is 10.5. The largest absolute Gasteiger partial charge is 0.308 e. The van der Waals surface area contributed by atoms with Gasteiger partial charge in [0.2, 0.25) is 0 Å². The average Bonchev–Trinajstić information content (AvgIpc) is 2.63. The molecule has 0 bridgehead atoms. The highest BCUT2D eigenvalue weighted by Crippen LogP contribution is 2.38. The molecule has 2 atom stereocenters. The third-order valence-corrected chi connectivity index (χ3v) is 4.19. The van der Waals surface area contributed by atoms with E-state index in [-0.39, 0.29) is 0 Å². The van der Waals surface area contributed by atoms with Gasteiger partial charge in [0.25, 0.3) is 0 Å². The van der Waals surface area contributed by atoms with Crippen LogP contribution >= 0.6 is 11.3 Å². The Morgan fingerprint density at radius 3 is 2.94 bits per heavy atom. The Labute approximate surface area is 102 Å². The molecule has 3 heteroatoms. The number of nitrogens with zero attached hydrogens (tertiary/aromatic N) is 1. The van der Waals surface area contributed by atoms with Crippen LogP contribution < -0.4 is 5.32 Å². The standard InChI is InChI=1S/C13H22N2S/c1-10-6-11(8-13(2,3)7-10)15-9-12-14-4-5-16-12/h4-5,10-11,15H,6-9H2,1-3H3. The number of hydrogen-bond donors (Lipinski definition) is 1. The maximum atomic E-state index is 4.31. The summed E-state index contributed by atoms with van der Waals surface area (Å²) in [7, 11) is 0. The van der Waals surface area contributed by atoms with E-state index in [4.69, 9.17) is 0 Å². The predicted octanol–water partition coefficient (Wildman–Crippen LogP) is 3.45. The van der Waals surface area contributed by atoms with E-state index in [2.05, 4.69) is 31.1 Å². The molecule has 0 spiro atoms. The van der Waals surface area contributed by atoms with Crippen LogP contribution in [0.3, 0.4) is 0 Å². The predicted molar refractivity (Wildman–Crippen MR) is 69.5 cm³/mol. The smallest absolute Gasteiger partial charge is 0.106 e. The van der Waals surface area contributed by atoms with Crippen molar-refractivity contribution in [3.05, 3.63) is 16.6 Å². The lowest BCUT2D eigenvalue weighted by molar-refractivity contribution is 0.151. The summed E-state index contributed by atoms with van der Waals surface area (Å²) in [6.45, 7) is 8.09. The van der Waals surface area contributed by atoms with Gasteiger partial charge in [-0.05, 0) is 30.6 Å². The van der Waals surface area contributed by atoms with E-state index in [0.717, 1.165) is 12.5 Å². The van der Waals surface area contributed by atoms with Crippen molar-refractivity contribution in [3.8, 4) is 0 Å². The normalized spacial score (nSPS) is 29.2. The van der Waals surface area contributed by atoms with Crippen LogP contribution in [0.25, 0.3) is 0 Å². The molecule has 1 aromatic heterocycles. The van der Waals surface area contributed by atoms with Gasteiger partial charge in [-0.3, -0.25) is 0 Å². The summed E-state index contributed by atoms with van der Waals surface area (Å²) in [5.74, 6) is 0.845. The highest BCUT2D eigenvalue weighted by molar-refractivity contribution is 7.09. The van der Waals surface area contributed by atoms with Crippen LogP contribution in [0.5, 0.6) is 0 Å². The van der Waals surface area contributed by atoms with Gasteiger partial charge in [0, 0.05) is 24.2 Å². The molecule has 0 aromatic carbocycles. The van der Waals surface area contributed by atoms with Crippen molar-refractivity contribution in [2.75, 3.05) is 0 Å². The van der Waals surface area contributed by atoms with Crippen LogP contribution in [0.4, 0.5) is 0 Å². The minimum atomic E-state index is 0.498. The van der Waals surface area contributed by atoms with Gasteiger partial charge in [0.15, 0.2) is 0 Å². The second-order valence-electron chi connectivity index (χ2n) is 5.92. The lowest BCUT2D eigenvalue weighted by atomic mass is 9.70. The molecular formula is C13H22N2S. The molecule has 2 nitrogen and oxygen atoms in total. The van der Waals surface area contributed by atoms with Gasteiger partial charge in [-0.15, -0.1) is 11.3 Å². The number of nitrogens with one attached hydrogen (secondary N) is 1. The van der Waals surface area contributed by atoms with E-state index in [1.54, 1.807) is 11.3 Å². The van der Waals surface area contributed by atoms with Crippen LogP contribution in [0, 0.1) is 11.3 Å². The minimum absolute atomic E-state index is 0.498. The molecule has 0 amide bonds. The molecule has 1 heterocycles. The monoisotopic (exact) mass is 238 g/mol. The lowest BCUT2D eigenvalue weighted by Gasteiger charge is -2.39. The van der Waals surface area contributed by atoms with Crippen molar-refractivity contribution in [1.82, 2.24) is 10.3 Å². The molecule has 1 aliphatic rings. The fourth-order valence-corrected chi connectivity index (χ4v) is 3.64. The molecule has 1 saturated carbocycles. The summed E-state index contributed by atoms with van der Waals surface area (Å²) in [4.78, 5) is 4.31. The van der Waals surface area contributed by atoms with Crippen molar-refractivity contribution < 1.29 is 0 Å². The molecule has 0 radical (unpaired) electrons. The van der Waals surface area contributed by atoms with E-state index < -0.39 is 0 Å². The SMILES string of the molecule is CC1CC(NCc2nccs2)CC(C)(C)C1. The molecule has 2 rings (SSSR count). The van der Waals surface area contributed by atoms with Crippen molar-refractivity contribution in [3.63, 3.8) is 0 Å². The van der Waals surface area contributed by atoms with E-state index in [1.807, 2.05) is 11.6 Å². The van der Waals surface area contributed by atoms with Crippen molar-refractivity contribution in [1.29, 1.82) is 0 Å². The van der Waals surface area contributed by atoms with Gasteiger partial charge < -0.3 is 5.32 Å².